The third-order valence-corrected chi connectivity index (χ3v) is 3.14. The van der Waals surface area contributed by atoms with Crippen molar-refractivity contribution in [3.8, 4) is 0 Å². The van der Waals surface area contributed by atoms with E-state index in [0.717, 1.165) is 17.7 Å². The predicted molar refractivity (Wildman–Crippen MR) is 71.7 cm³/mol. The van der Waals surface area contributed by atoms with Crippen molar-refractivity contribution < 1.29 is 5.11 Å². The number of nitrogens with two attached hydrogens (primary N) is 1. The lowest BCUT2D eigenvalue weighted by atomic mass is 10.1. The molecule has 3 N–H and O–H groups in total. The van der Waals surface area contributed by atoms with Gasteiger partial charge in [-0.3, -0.25) is 4.90 Å². The highest BCUT2D eigenvalue weighted by molar-refractivity contribution is 5.24. The van der Waals surface area contributed by atoms with Gasteiger partial charge in [0.05, 0.1) is 6.10 Å². The molecule has 3 nitrogen and oxygen atoms in total. The van der Waals surface area contributed by atoms with Crippen LogP contribution in [0.2, 0.25) is 0 Å². The van der Waals surface area contributed by atoms with E-state index < -0.39 is 6.10 Å². The average Bonchev–Trinajstić information content (AvgIpc) is 2.35. The maximum atomic E-state index is 10.2. The highest BCUT2D eigenvalue weighted by Crippen LogP contribution is 2.16. The van der Waals surface area contributed by atoms with Gasteiger partial charge in [-0.05, 0) is 31.5 Å². The van der Waals surface area contributed by atoms with Crippen LogP contribution in [-0.2, 0) is 6.54 Å². The van der Waals surface area contributed by atoms with Gasteiger partial charge in [-0.25, -0.2) is 0 Å². The smallest absolute Gasteiger partial charge is 0.0917 e. The number of hydrogen-bond donors (Lipinski definition) is 2. The molecular formula is C14H24N2O. The molecule has 3 heteroatoms. The van der Waals surface area contributed by atoms with Crippen LogP contribution in [0.1, 0.15) is 38.0 Å². The molecule has 0 spiro atoms. The Labute approximate surface area is 104 Å². The average molecular weight is 236 g/mol. The molecule has 0 aliphatic heterocycles. The van der Waals surface area contributed by atoms with Crippen molar-refractivity contribution >= 4 is 0 Å². The van der Waals surface area contributed by atoms with Gasteiger partial charge in [-0.1, -0.05) is 31.2 Å². The molecule has 0 bridgehead atoms. The van der Waals surface area contributed by atoms with Crippen molar-refractivity contribution in [2.45, 2.75) is 39.5 Å². The van der Waals surface area contributed by atoms with Crippen LogP contribution in [0.4, 0.5) is 0 Å². The number of hydrogen-bond acceptors (Lipinski definition) is 3. The number of likely N-dealkylation sites (N-methyl/N-ethyl adjacent to an activating group) is 1. The summed E-state index contributed by atoms with van der Waals surface area (Å²) in [7, 11) is 0. The maximum absolute atomic E-state index is 10.2. The number of rotatable bonds is 6. The molecule has 1 unspecified atom stereocenters. The van der Waals surface area contributed by atoms with Crippen molar-refractivity contribution in [2.24, 2.45) is 5.73 Å². The van der Waals surface area contributed by atoms with Gasteiger partial charge in [0.25, 0.3) is 0 Å². The summed E-state index contributed by atoms with van der Waals surface area (Å²) < 4.78 is 0. The van der Waals surface area contributed by atoms with E-state index in [1.165, 1.54) is 0 Å². The first-order valence-corrected chi connectivity index (χ1v) is 6.29. The van der Waals surface area contributed by atoms with Crippen LogP contribution in [0.3, 0.4) is 0 Å². The van der Waals surface area contributed by atoms with E-state index in [4.69, 9.17) is 5.73 Å². The predicted octanol–water partition coefficient (Wildman–Crippen LogP) is 1.91. The Bertz CT molecular complexity index is 321. The molecule has 1 rings (SSSR count). The number of nitrogens with zero attached hydrogens (tertiary/aromatic N) is 1. The van der Waals surface area contributed by atoms with Gasteiger partial charge >= 0.3 is 0 Å². The molecule has 1 atom stereocenters. The quantitative estimate of drug-likeness (QED) is 0.793. The standard InChI is InChI=1S/C14H24N2O/c1-4-16(11(2)3)10-14(17)13-7-5-12(9-15)6-8-13/h5-8,11,14,17H,4,9-10,15H2,1-3H3. The Morgan fingerprint density at radius 1 is 1.24 bits per heavy atom. The molecule has 0 saturated heterocycles. The van der Waals surface area contributed by atoms with Crippen molar-refractivity contribution in [3.05, 3.63) is 35.4 Å². The van der Waals surface area contributed by atoms with E-state index in [1.54, 1.807) is 0 Å². The molecular weight excluding hydrogens is 212 g/mol. The van der Waals surface area contributed by atoms with Crippen molar-refractivity contribution in [2.75, 3.05) is 13.1 Å². The van der Waals surface area contributed by atoms with Gasteiger partial charge in [-0.15, -0.1) is 0 Å². The van der Waals surface area contributed by atoms with Crippen molar-refractivity contribution in [1.29, 1.82) is 0 Å². The van der Waals surface area contributed by atoms with Gasteiger partial charge in [0.2, 0.25) is 0 Å². The summed E-state index contributed by atoms with van der Waals surface area (Å²) in [5, 5.41) is 10.2. The second-order valence-corrected chi connectivity index (χ2v) is 4.64. The summed E-state index contributed by atoms with van der Waals surface area (Å²) in [4.78, 5) is 2.25. The van der Waals surface area contributed by atoms with Crippen LogP contribution in [0.25, 0.3) is 0 Å². The minimum Gasteiger partial charge on any atom is -0.387 e. The number of aliphatic hydroxyl groups excluding tert-OH is 1. The van der Waals surface area contributed by atoms with Gasteiger partial charge in [-0.2, -0.15) is 0 Å². The third kappa shape index (κ3) is 4.11. The van der Waals surface area contributed by atoms with Crippen molar-refractivity contribution in [3.63, 3.8) is 0 Å². The second-order valence-electron chi connectivity index (χ2n) is 4.64. The highest BCUT2D eigenvalue weighted by atomic mass is 16.3. The molecule has 0 radical (unpaired) electrons. The molecule has 0 heterocycles. The highest BCUT2D eigenvalue weighted by Gasteiger charge is 2.14. The molecule has 0 saturated carbocycles. The van der Waals surface area contributed by atoms with Gasteiger partial charge < -0.3 is 10.8 Å². The van der Waals surface area contributed by atoms with Crippen LogP contribution >= 0.6 is 0 Å². The molecule has 1 aromatic rings. The Balaban J connectivity index is 2.65. The largest absolute Gasteiger partial charge is 0.387 e. The zero-order valence-electron chi connectivity index (χ0n) is 11.1. The lowest BCUT2D eigenvalue weighted by Crippen LogP contribution is -2.34. The summed E-state index contributed by atoms with van der Waals surface area (Å²) >= 11 is 0. The first kappa shape index (κ1) is 14.2. The molecule has 0 aliphatic carbocycles. The first-order valence-electron chi connectivity index (χ1n) is 6.29. The molecule has 0 aromatic heterocycles. The summed E-state index contributed by atoms with van der Waals surface area (Å²) in [5.74, 6) is 0. The number of aliphatic hydroxyl groups is 1. The van der Waals surface area contributed by atoms with Gasteiger partial charge in [0.1, 0.15) is 0 Å². The van der Waals surface area contributed by atoms with E-state index in [1.807, 2.05) is 24.3 Å². The summed E-state index contributed by atoms with van der Waals surface area (Å²) in [6, 6.07) is 8.33. The lowest BCUT2D eigenvalue weighted by molar-refractivity contribution is 0.0991. The monoisotopic (exact) mass is 236 g/mol. The topological polar surface area (TPSA) is 49.5 Å². The van der Waals surface area contributed by atoms with Crippen LogP contribution in [0.15, 0.2) is 24.3 Å². The van der Waals surface area contributed by atoms with E-state index in [-0.39, 0.29) is 0 Å². The van der Waals surface area contributed by atoms with Crippen LogP contribution in [-0.4, -0.2) is 29.1 Å². The first-order chi connectivity index (χ1) is 8.08. The number of benzene rings is 1. The summed E-state index contributed by atoms with van der Waals surface area (Å²) in [6.45, 7) is 8.58. The summed E-state index contributed by atoms with van der Waals surface area (Å²) in [5.41, 5.74) is 7.60. The van der Waals surface area contributed by atoms with Gasteiger partial charge in [0.15, 0.2) is 0 Å². The molecule has 0 aliphatic rings. The van der Waals surface area contributed by atoms with E-state index in [9.17, 15) is 5.11 Å². The van der Waals surface area contributed by atoms with E-state index >= 15 is 0 Å². The fourth-order valence-corrected chi connectivity index (χ4v) is 1.91. The fraction of sp³-hybridized carbons (Fsp3) is 0.571. The van der Waals surface area contributed by atoms with E-state index in [2.05, 4.69) is 25.7 Å². The Kier molecular flexibility index (Phi) is 5.62. The van der Waals surface area contributed by atoms with Gasteiger partial charge in [0, 0.05) is 19.1 Å². The maximum Gasteiger partial charge on any atom is 0.0917 e. The lowest BCUT2D eigenvalue weighted by Gasteiger charge is -2.27. The fourth-order valence-electron chi connectivity index (χ4n) is 1.91. The van der Waals surface area contributed by atoms with Crippen LogP contribution in [0.5, 0.6) is 0 Å². The Morgan fingerprint density at radius 2 is 1.82 bits per heavy atom. The van der Waals surface area contributed by atoms with Crippen LogP contribution < -0.4 is 5.73 Å². The normalized spacial score (nSPS) is 13.4. The minimum atomic E-state index is -0.427. The van der Waals surface area contributed by atoms with E-state index in [0.29, 0.717) is 19.1 Å². The van der Waals surface area contributed by atoms with Crippen LogP contribution in [0, 0.1) is 0 Å². The molecule has 1 aromatic carbocycles. The molecule has 96 valence electrons. The second kappa shape index (κ2) is 6.74. The third-order valence-electron chi connectivity index (χ3n) is 3.14. The molecule has 17 heavy (non-hydrogen) atoms. The Hall–Kier alpha value is -0.900. The minimum absolute atomic E-state index is 0.427. The zero-order valence-corrected chi connectivity index (χ0v) is 11.1. The zero-order chi connectivity index (χ0) is 12.8. The summed E-state index contributed by atoms with van der Waals surface area (Å²) in [6.07, 6.45) is -0.427. The molecule has 0 amide bonds. The molecule has 0 fully saturated rings. The Morgan fingerprint density at radius 3 is 2.24 bits per heavy atom. The van der Waals surface area contributed by atoms with Crippen molar-refractivity contribution in [1.82, 2.24) is 4.90 Å². The SMILES string of the molecule is CCN(CC(O)c1ccc(CN)cc1)C(C)C.